The van der Waals surface area contributed by atoms with E-state index in [1.54, 1.807) is 0 Å². The van der Waals surface area contributed by atoms with Gasteiger partial charge in [-0.1, -0.05) is 26.0 Å². The molecule has 0 aliphatic rings. The van der Waals surface area contributed by atoms with Crippen LogP contribution in [0.5, 0.6) is 0 Å². The first-order valence-corrected chi connectivity index (χ1v) is 8.28. The van der Waals surface area contributed by atoms with E-state index in [1.807, 2.05) is 45.0 Å². The second-order valence-corrected chi connectivity index (χ2v) is 7.12. The highest BCUT2D eigenvalue weighted by atomic mass is 16.6. The van der Waals surface area contributed by atoms with Crippen molar-refractivity contribution < 1.29 is 9.53 Å². The second-order valence-electron chi connectivity index (χ2n) is 7.12. The second kappa shape index (κ2) is 9.15. The number of guanidine groups is 1. The number of nitrogens with two attached hydrogens (primary N) is 1. The average Bonchev–Trinajstić information content (AvgIpc) is 2.45. The Morgan fingerprint density at radius 1 is 1.25 bits per heavy atom. The molecule has 0 aromatic heterocycles. The summed E-state index contributed by atoms with van der Waals surface area (Å²) in [4.78, 5) is 16.0. The molecule has 6 heteroatoms. The van der Waals surface area contributed by atoms with Crippen LogP contribution >= 0.6 is 0 Å². The quantitative estimate of drug-likeness (QED) is 0.551. The van der Waals surface area contributed by atoms with Crippen molar-refractivity contribution in [3.63, 3.8) is 0 Å². The minimum Gasteiger partial charge on any atom is -0.444 e. The molecule has 0 saturated carbocycles. The largest absolute Gasteiger partial charge is 0.444 e. The maximum absolute atomic E-state index is 11.7. The van der Waals surface area contributed by atoms with Gasteiger partial charge in [-0.25, -0.2) is 4.79 Å². The maximum atomic E-state index is 11.7. The van der Waals surface area contributed by atoms with Crippen LogP contribution in [0, 0.1) is 5.92 Å². The standard InChI is InChI=1S/C18H30N4O2/c1-13(2)12-21-16(19)20-11-10-14-6-8-15(9-7-14)22-17(23)24-18(3,4)5/h6-9,13H,10-12H2,1-5H3,(H,22,23)(H3,19,20,21). The Morgan fingerprint density at radius 3 is 2.42 bits per heavy atom. The van der Waals surface area contributed by atoms with Crippen LogP contribution in [-0.4, -0.2) is 30.7 Å². The number of hydrogen-bond donors (Lipinski definition) is 3. The number of anilines is 1. The van der Waals surface area contributed by atoms with Crippen molar-refractivity contribution in [2.75, 3.05) is 18.4 Å². The number of nitrogens with zero attached hydrogens (tertiary/aromatic N) is 1. The SMILES string of the molecule is CC(C)CN=C(N)NCCc1ccc(NC(=O)OC(C)(C)C)cc1. The van der Waals surface area contributed by atoms with E-state index in [4.69, 9.17) is 10.5 Å². The van der Waals surface area contributed by atoms with Gasteiger partial charge in [0, 0.05) is 18.8 Å². The number of nitrogens with one attached hydrogen (secondary N) is 2. The molecule has 0 bridgehead atoms. The summed E-state index contributed by atoms with van der Waals surface area (Å²) in [6.07, 6.45) is 0.371. The third-order valence-electron chi connectivity index (χ3n) is 2.95. The Balaban J connectivity index is 2.40. The lowest BCUT2D eigenvalue weighted by atomic mass is 10.1. The van der Waals surface area contributed by atoms with E-state index in [0.29, 0.717) is 24.1 Å². The van der Waals surface area contributed by atoms with Crippen LogP contribution in [0.15, 0.2) is 29.3 Å². The number of ether oxygens (including phenoxy) is 1. The van der Waals surface area contributed by atoms with Gasteiger partial charge in [-0.15, -0.1) is 0 Å². The minimum absolute atomic E-state index is 0.453. The molecule has 134 valence electrons. The van der Waals surface area contributed by atoms with Crippen molar-refractivity contribution in [2.24, 2.45) is 16.6 Å². The molecule has 0 radical (unpaired) electrons. The predicted octanol–water partition coefficient (Wildman–Crippen LogP) is 3.14. The third kappa shape index (κ3) is 9.02. The van der Waals surface area contributed by atoms with E-state index in [2.05, 4.69) is 29.5 Å². The lowest BCUT2D eigenvalue weighted by Gasteiger charge is -2.19. The topological polar surface area (TPSA) is 88.7 Å². The number of amides is 1. The molecule has 1 amide bonds. The third-order valence-corrected chi connectivity index (χ3v) is 2.95. The molecule has 0 saturated heterocycles. The molecule has 0 aliphatic carbocycles. The molecule has 0 atom stereocenters. The van der Waals surface area contributed by atoms with Gasteiger partial charge in [0.05, 0.1) is 0 Å². The van der Waals surface area contributed by atoms with Crippen LogP contribution in [0.1, 0.15) is 40.2 Å². The van der Waals surface area contributed by atoms with Crippen molar-refractivity contribution in [1.29, 1.82) is 0 Å². The number of hydrogen-bond acceptors (Lipinski definition) is 3. The van der Waals surface area contributed by atoms with Crippen LogP contribution in [0.4, 0.5) is 10.5 Å². The van der Waals surface area contributed by atoms with Gasteiger partial charge in [-0.2, -0.15) is 0 Å². The van der Waals surface area contributed by atoms with Crippen molar-refractivity contribution >= 4 is 17.7 Å². The first kappa shape index (κ1) is 19.8. The molecule has 1 rings (SSSR count). The van der Waals surface area contributed by atoms with Crippen LogP contribution in [0.3, 0.4) is 0 Å². The average molecular weight is 334 g/mol. The van der Waals surface area contributed by atoms with E-state index in [9.17, 15) is 4.79 Å². The van der Waals surface area contributed by atoms with Gasteiger partial charge in [-0.3, -0.25) is 10.3 Å². The zero-order valence-corrected chi connectivity index (χ0v) is 15.3. The molecule has 0 spiro atoms. The smallest absolute Gasteiger partial charge is 0.412 e. The van der Waals surface area contributed by atoms with Gasteiger partial charge in [0.1, 0.15) is 5.60 Å². The van der Waals surface area contributed by atoms with Crippen molar-refractivity contribution in [3.8, 4) is 0 Å². The summed E-state index contributed by atoms with van der Waals surface area (Å²) in [5.41, 5.74) is 7.14. The Hall–Kier alpha value is -2.24. The van der Waals surface area contributed by atoms with Crippen molar-refractivity contribution in [1.82, 2.24) is 5.32 Å². The molecule has 0 heterocycles. The summed E-state index contributed by atoms with van der Waals surface area (Å²) in [7, 11) is 0. The predicted molar refractivity (Wildman–Crippen MR) is 99.3 cm³/mol. The summed E-state index contributed by atoms with van der Waals surface area (Å²) in [6, 6.07) is 7.65. The molecule has 6 nitrogen and oxygen atoms in total. The van der Waals surface area contributed by atoms with Crippen LogP contribution in [0.2, 0.25) is 0 Å². The molecule has 0 unspecified atom stereocenters. The van der Waals surface area contributed by atoms with Gasteiger partial charge in [-0.05, 0) is 50.8 Å². The highest BCUT2D eigenvalue weighted by molar-refractivity contribution is 5.84. The number of rotatable bonds is 6. The molecule has 0 fully saturated rings. The number of carbonyl (C=O) groups excluding carboxylic acids is 1. The summed E-state index contributed by atoms with van der Waals surface area (Å²) >= 11 is 0. The molecular weight excluding hydrogens is 304 g/mol. The van der Waals surface area contributed by atoms with Crippen molar-refractivity contribution in [3.05, 3.63) is 29.8 Å². The number of benzene rings is 1. The zero-order chi connectivity index (χ0) is 18.2. The molecule has 4 N–H and O–H groups in total. The van der Waals surface area contributed by atoms with Crippen LogP contribution < -0.4 is 16.4 Å². The fourth-order valence-electron chi connectivity index (χ4n) is 1.85. The number of aliphatic imine (C=N–C) groups is 1. The molecule has 1 aromatic carbocycles. The summed E-state index contributed by atoms with van der Waals surface area (Å²) < 4.78 is 5.22. The van der Waals surface area contributed by atoms with E-state index >= 15 is 0 Å². The van der Waals surface area contributed by atoms with Gasteiger partial charge in [0.25, 0.3) is 0 Å². The lowest BCUT2D eigenvalue weighted by molar-refractivity contribution is 0.0636. The molecular formula is C18H30N4O2. The summed E-state index contributed by atoms with van der Waals surface area (Å²) in [5, 5.41) is 5.81. The minimum atomic E-state index is -0.507. The summed E-state index contributed by atoms with van der Waals surface area (Å²) in [6.45, 7) is 11.1. The van der Waals surface area contributed by atoms with Gasteiger partial charge < -0.3 is 15.8 Å². The molecule has 0 aliphatic heterocycles. The Kier molecular flexibility index (Phi) is 7.55. The van der Waals surface area contributed by atoms with Gasteiger partial charge in [0.15, 0.2) is 5.96 Å². The van der Waals surface area contributed by atoms with Crippen LogP contribution in [-0.2, 0) is 11.2 Å². The highest BCUT2D eigenvalue weighted by Crippen LogP contribution is 2.13. The fraction of sp³-hybridized carbons (Fsp3) is 0.556. The lowest BCUT2D eigenvalue weighted by Crippen LogP contribution is -2.33. The molecule has 24 heavy (non-hydrogen) atoms. The van der Waals surface area contributed by atoms with Crippen LogP contribution in [0.25, 0.3) is 0 Å². The van der Waals surface area contributed by atoms with E-state index in [0.717, 1.165) is 18.5 Å². The van der Waals surface area contributed by atoms with E-state index < -0.39 is 11.7 Å². The van der Waals surface area contributed by atoms with Gasteiger partial charge >= 0.3 is 6.09 Å². The van der Waals surface area contributed by atoms with E-state index in [1.165, 1.54) is 0 Å². The molecule has 1 aromatic rings. The highest BCUT2D eigenvalue weighted by Gasteiger charge is 2.15. The Morgan fingerprint density at radius 2 is 1.88 bits per heavy atom. The monoisotopic (exact) mass is 334 g/mol. The van der Waals surface area contributed by atoms with Gasteiger partial charge in [0.2, 0.25) is 0 Å². The van der Waals surface area contributed by atoms with E-state index in [-0.39, 0.29) is 0 Å². The Labute approximate surface area is 144 Å². The fourth-order valence-corrected chi connectivity index (χ4v) is 1.85. The Bertz CT molecular complexity index is 545. The first-order chi connectivity index (χ1) is 11.2. The normalized spacial score (nSPS) is 12.2. The van der Waals surface area contributed by atoms with Crippen molar-refractivity contribution in [2.45, 2.75) is 46.6 Å². The maximum Gasteiger partial charge on any atom is 0.412 e. The zero-order valence-electron chi connectivity index (χ0n) is 15.3. The number of carbonyl (C=O) groups is 1. The summed E-state index contributed by atoms with van der Waals surface area (Å²) in [5.74, 6) is 0.974. The first-order valence-electron chi connectivity index (χ1n) is 8.28.